The summed E-state index contributed by atoms with van der Waals surface area (Å²) in [5.74, 6) is 0. The van der Waals surface area contributed by atoms with Crippen molar-refractivity contribution in [2.45, 2.75) is 32.4 Å². The summed E-state index contributed by atoms with van der Waals surface area (Å²) in [5, 5.41) is 4.72. The van der Waals surface area contributed by atoms with Crippen LogP contribution in [0, 0.1) is 0 Å². The summed E-state index contributed by atoms with van der Waals surface area (Å²) in [6.07, 6.45) is 2.58. The minimum absolute atomic E-state index is 0.631. The normalized spacial score (nSPS) is 20.5. The number of halogens is 2. The highest BCUT2D eigenvalue weighted by Gasteiger charge is 2.23. The lowest BCUT2D eigenvalue weighted by Crippen LogP contribution is -2.37. The maximum Gasteiger partial charge on any atom is 0.0595 e. The molecule has 0 bridgehead atoms. The molecule has 2 rings (SSSR count). The van der Waals surface area contributed by atoms with Crippen LogP contribution in [0.15, 0.2) is 18.2 Å². The van der Waals surface area contributed by atoms with E-state index in [0.717, 1.165) is 19.6 Å². The molecule has 18 heavy (non-hydrogen) atoms. The molecule has 100 valence electrons. The molecule has 1 heterocycles. The molecule has 0 saturated carbocycles. The summed E-state index contributed by atoms with van der Waals surface area (Å²) in [6.45, 7) is 6.41. The third kappa shape index (κ3) is 3.61. The van der Waals surface area contributed by atoms with Crippen molar-refractivity contribution in [3.63, 3.8) is 0 Å². The van der Waals surface area contributed by atoms with Crippen LogP contribution >= 0.6 is 23.2 Å². The molecule has 1 fully saturated rings. The highest BCUT2D eigenvalue weighted by molar-refractivity contribution is 6.42. The minimum Gasteiger partial charge on any atom is -0.315 e. The van der Waals surface area contributed by atoms with Crippen LogP contribution in [0.4, 0.5) is 0 Å². The molecule has 0 spiro atoms. The van der Waals surface area contributed by atoms with E-state index in [1.165, 1.54) is 24.9 Å². The lowest BCUT2D eigenvalue weighted by Gasteiger charge is -2.24. The summed E-state index contributed by atoms with van der Waals surface area (Å²) in [6, 6.07) is 6.58. The van der Waals surface area contributed by atoms with E-state index in [1.54, 1.807) is 0 Å². The highest BCUT2D eigenvalue weighted by Crippen LogP contribution is 2.25. The Hall–Kier alpha value is -0.280. The van der Waals surface area contributed by atoms with Crippen molar-refractivity contribution in [2.24, 2.45) is 0 Å². The highest BCUT2D eigenvalue weighted by atomic mass is 35.5. The molecule has 0 radical (unpaired) electrons. The second-order valence-electron chi connectivity index (χ2n) is 4.82. The van der Waals surface area contributed by atoms with Gasteiger partial charge in [-0.15, -0.1) is 0 Å². The van der Waals surface area contributed by atoms with Gasteiger partial charge in [-0.25, -0.2) is 0 Å². The third-order valence-electron chi connectivity index (χ3n) is 3.50. The molecule has 1 aliphatic rings. The number of hydrogen-bond acceptors (Lipinski definition) is 2. The van der Waals surface area contributed by atoms with Gasteiger partial charge >= 0.3 is 0 Å². The Kier molecular flexibility index (Phi) is 5.31. The quantitative estimate of drug-likeness (QED) is 0.890. The van der Waals surface area contributed by atoms with Crippen LogP contribution in [0.2, 0.25) is 10.0 Å². The number of nitrogens with zero attached hydrogens (tertiary/aromatic N) is 1. The molecule has 4 heteroatoms. The molecule has 1 unspecified atom stereocenters. The summed E-state index contributed by atoms with van der Waals surface area (Å²) >= 11 is 12.0. The average Bonchev–Trinajstić information content (AvgIpc) is 2.79. The van der Waals surface area contributed by atoms with Crippen LogP contribution in [0.3, 0.4) is 0 Å². The van der Waals surface area contributed by atoms with Gasteiger partial charge in [0.15, 0.2) is 0 Å². The maximum atomic E-state index is 6.06. The van der Waals surface area contributed by atoms with Crippen molar-refractivity contribution < 1.29 is 0 Å². The van der Waals surface area contributed by atoms with Crippen LogP contribution in [0.5, 0.6) is 0 Å². The lowest BCUT2D eigenvalue weighted by molar-refractivity contribution is 0.240. The standard InChI is InChI=1S/C14H20Cl2N2/c1-2-17-9-12-4-3-7-18(12)10-11-5-6-13(15)14(16)8-11/h5-6,8,12,17H,2-4,7,9-10H2,1H3. The first-order valence-corrected chi connectivity index (χ1v) is 7.35. The van der Waals surface area contributed by atoms with E-state index in [4.69, 9.17) is 23.2 Å². The molecule has 0 amide bonds. The predicted octanol–water partition coefficient (Wildman–Crippen LogP) is 3.57. The first-order valence-electron chi connectivity index (χ1n) is 6.59. The van der Waals surface area contributed by atoms with E-state index in [1.807, 2.05) is 12.1 Å². The molecule has 1 aromatic carbocycles. The van der Waals surface area contributed by atoms with Crippen LogP contribution in [0.1, 0.15) is 25.3 Å². The van der Waals surface area contributed by atoms with Gasteiger partial charge in [-0.1, -0.05) is 36.2 Å². The fourth-order valence-electron chi connectivity index (χ4n) is 2.52. The summed E-state index contributed by atoms with van der Waals surface area (Å²) in [5.41, 5.74) is 1.24. The number of benzene rings is 1. The molecule has 1 N–H and O–H groups in total. The van der Waals surface area contributed by atoms with E-state index in [-0.39, 0.29) is 0 Å². The summed E-state index contributed by atoms with van der Waals surface area (Å²) in [7, 11) is 0. The topological polar surface area (TPSA) is 15.3 Å². The van der Waals surface area contributed by atoms with E-state index in [0.29, 0.717) is 16.1 Å². The van der Waals surface area contributed by atoms with E-state index in [9.17, 15) is 0 Å². The van der Waals surface area contributed by atoms with Crippen LogP contribution in [-0.4, -0.2) is 30.6 Å². The predicted molar refractivity (Wildman–Crippen MR) is 78.4 cm³/mol. The minimum atomic E-state index is 0.631. The summed E-state index contributed by atoms with van der Waals surface area (Å²) < 4.78 is 0. The molecule has 1 atom stereocenters. The van der Waals surface area contributed by atoms with Gasteiger partial charge in [0.2, 0.25) is 0 Å². The van der Waals surface area contributed by atoms with Gasteiger partial charge in [-0.2, -0.15) is 0 Å². The number of likely N-dealkylation sites (N-methyl/N-ethyl adjacent to an activating group) is 1. The smallest absolute Gasteiger partial charge is 0.0595 e. The van der Waals surface area contributed by atoms with Crippen molar-refractivity contribution in [3.05, 3.63) is 33.8 Å². The van der Waals surface area contributed by atoms with Gasteiger partial charge in [0.25, 0.3) is 0 Å². The van der Waals surface area contributed by atoms with E-state index in [2.05, 4.69) is 23.2 Å². The van der Waals surface area contributed by atoms with Gasteiger partial charge in [0.1, 0.15) is 0 Å². The number of hydrogen-bond donors (Lipinski definition) is 1. The van der Waals surface area contributed by atoms with E-state index >= 15 is 0 Å². The molecule has 1 aliphatic heterocycles. The SMILES string of the molecule is CCNCC1CCCN1Cc1ccc(Cl)c(Cl)c1. The van der Waals surface area contributed by atoms with Gasteiger partial charge in [0, 0.05) is 19.1 Å². The van der Waals surface area contributed by atoms with Crippen LogP contribution in [-0.2, 0) is 6.54 Å². The van der Waals surface area contributed by atoms with Crippen molar-refractivity contribution >= 4 is 23.2 Å². The first-order chi connectivity index (χ1) is 8.70. The molecule has 0 aliphatic carbocycles. The van der Waals surface area contributed by atoms with Crippen molar-refractivity contribution in [2.75, 3.05) is 19.6 Å². The fraction of sp³-hybridized carbons (Fsp3) is 0.571. The zero-order valence-electron chi connectivity index (χ0n) is 10.8. The van der Waals surface area contributed by atoms with Crippen molar-refractivity contribution in [1.29, 1.82) is 0 Å². The fourth-order valence-corrected chi connectivity index (χ4v) is 2.84. The molecule has 1 saturated heterocycles. The Morgan fingerprint density at radius 2 is 2.17 bits per heavy atom. The van der Waals surface area contributed by atoms with Crippen molar-refractivity contribution in [1.82, 2.24) is 10.2 Å². The monoisotopic (exact) mass is 286 g/mol. The number of likely N-dealkylation sites (tertiary alicyclic amines) is 1. The van der Waals surface area contributed by atoms with Gasteiger partial charge < -0.3 is 5.32 Å². The summed E-state index contributed by atoms with van der Waals surface area (Å²) in [4.78, 5) is 2.53. The second kappa shape index (κ2) is 6.76. The Morgan fingerprint density at radius 1 is 1.33 bits per heavy atom. The number of nitrogens with one attached hydrogen (secondary N) is 1. The molecular weight excluding hydrogens is 267 g/mol. The Bertz CT molecular complexity index is 395. The van der Waals surface area contributed by atoms with Gasteiger partial charge in [-0.3, -0.25) is 4.90 Å². The molecule has 2 nitrogen and oxygen atoms in total. The molecular formula is C14H20Cl2N2. The number of rotatable bonds is 5. The van der Waals surface area contributed by atoms with Crippen LogP contribution in [0.25, 0.3) is 0 Å². The van der Waals surface area contributed by atoms with E-state index < -0.39 is 0 Å². The Morgan fingerprint density at radius 3 is 2.89 bits per heavy atom. The lowest BCUT2D eigenvalue weighted by atomic mass is 10.2. The van der Waals surface area contributed by atoms with Gasteiger partial charge in [0.05, 0.1) is 10.0 Å². The maximum absolute atomic E-state index is 6.06. The second-order valence-corrected chi connectivity index (χ2v) is 5.64. The zero-order chi connectivity index (χ0) is 13.0. The largest absolute Gasteiger partial charge is 0.315 e. The Balaban J connectivity index is 1.96. The van der Waals surface area contributed by atoms with Gasteiger partial charge in [-0.05, 0) is 43.6 Å². The zero-order valence-corrected chi connectivity index (χ0v) is 12.3. The third-order valence-corrected chi connectivity index (χ3v) is 4.24. The first kappa shape index (κ1) is 14.1. The molecule has 1 aromatic rings. The Labute approximate surface area is 119 Å². The molecule has 0 aromatic heterocycles. The van der Waals surface area contributed by atoms with Crippen LogP contribution < -0.4 is 5.32 Å². The van der Waals surface area contributed by atoms with Crippen molar-refractivity contribution in [3.8, 4) is 0 Å². The average molecular weight is 287 g/mol.